The SMILES string of the molecule is C=C(C[N@@+]1(C)CC[C@]23c4c5ccc(O)c4O[C@H]2C(=O)CC[C@H]3[C@H]1C5)OCC. The molecule has 0 radical (unpaired) electrons. The van der Waals surface area contributed by atoms with Crippen LogP contribution >= 0.6 is 0 Å². The number of piperidine rings is 1. The highest BCUT2D eigenvalue weighted by Crippen LogP contribution is 2.64. The molecule has 2 fully saturated rings. The number of carbonyl (C=O) groups is 1. The molecule has 1 saturated heterocycles. The molecule has 1 N–H and O–H groups in total. The van der Waals surface area contributed by atoms with E-state index in [4.69, 9.17) is 9.47 Å². The number of likely N-dealkylation sites (N-methyl/N-ethyl adjacent to an activating group) is 1. The number of phenolic OH excluding ortho intramolecular Hbond substituents is 1. The smallest absolute Gasteiger partial charge is 0.174 e. The van der Waals surface area contributed by atoms with Gasteiger partial charge in [-0.15, -0.1) is 0 Å². The molecule has 0 unspecified atom stereocenters. The highest BCUT2D eigenvalue weighted by molar-refractivity contribution is 5.89. The standard InChI is InChI=1S/C22H27NO4/c1-4-26-13(2)12-23(3)10-9-22-15-6-8-18(25)21(22)27-20-17(24)7-5-14(19(20)22)11-16(15)23/h5,7,15-16,21H,2,4,6,8-12H2,1,3H3/p+1/t15-,16+,21-,22-,23+/m0/s1. The Hall–Kier alpha value is -2.01. The second kappa shape index (κ2) is 5.51. The third-order valence-electron chi connectivity index (χ3n) is 7.66. The molecule has 0 aromatic heterocycles. The molecule has 2 bridgehead atoms. The molecule has 2 heterocycles. The second-order valence-corrected chi connectivity index (χ2v) is 8.95. The summed E-state index contributed by atoms with van der Waals surface area (Å²) < 4.78 is 12.8. The molecule has 2 aliphatic carbocycles. The first-order chi connectivity index (χ1) is 12.9. The Morgan fingerprint density at radius 2 is 2.30 bits per heavy atom. The predicted octanol–water partition coefficient (Wildman–Crippen LogP) is 2.70. The molecule has 1 aromatic rings. The van der Waals surface area contributed by atoms with E-state index in [9.17, 15) is 9.90 Å². The number of Topliss-reactive ketones (excluding diaryl/α,β-unsaturated/α-hetero) is 1. The molecule has 27 heavy (non-hydrogen) atoms. The summed E-state index contributed by atoms with van der Waals surface area (Å²) in [4.78, 5) is 12.8. The lowest BCUT2D eigenvalue weighted by atomic mass is 9.51. The van der Waals surface area contributed by atoms with Gasteiger partial charge in [0, 0.05) is 30.7 Å². The van der Waals surface area contributed by atoms with Gasteiger partial charge in [-0.2, -0.15) is 0 Å². The van der Waals surface area contributed by atoms with Crippen LogP contribution in [0.5, 0.6) is 11.5 Å². The summed E-state index contributed by atoms with van der Waals surface area (Å²) in [6.07, 6.45) is 2.92. The van der Waals surface area contributed by atoms with Crippen molar-refractivity contribution in [3.05, 3.63) is 35.6 Å². The van der Waals surface area contributed by atoms with Gasteiger partial charge in [-0.25, -0.2) is 0 Å². The molecular formula is C22H28NO4+. The molecule has 144 valence electrons. The van der Waals surface area contributed by atoms with Crippen LogP contribution < -0.4 is 4.74 Å². The lowest BCUT2D eigenvalue weighted by molar-refractivity contribution is -0.942. The van der Waals surface area contributed by atoms with E-state index in [1.165, 1.54) is 5.56 Å². The number of ether oxygens (including phenoxy) is 2. The number of nitrogens with zero attached hydrogens (tertiary/aromatic N) is 1. The monoisotopic (exact) mass is 370 g/mol. The van der Waals surface area contributed by atoms with Crippen molar-refractivity contribution in [1.82, 2.24) is 0 Å². The van der Waals surface area contributed by atoms with E-state index in [2.05, 4.69) is 13.6 Å². The first kappa shape index (κ1) is 17.1. The molecule has 4 aliphatic rings. The van der Waals surface area contributed by atoms with Crippen molar-refractivity contribution in [3.63, 3.8) is 0 Å². The Labute approximate surface area is 160 Å². The van der Waals surface area contributed by atoms with Gasteiger partial charge in [-0.05, 0) is 25.0 Å². The zero-order chi connectivity index (χ0) is 19.0. The van der Waals surface area contributed by atoms with Crippen LogP contribution in [0.25, 0.3) is 0 Å². The van der Waals surface area contributed by atoms with E-state index in [-0.39, 0.29) is 16.9 Å². The average Bonchev–Trinajstić information content (AvgIpc) is 2.98. The fourth-order valence-electron chi connectivity index (χ4n) is 6.64. The van der Waals surface area contributed by atoms with E-state index in [0.717, 1.165) is 48.2 Å². The Morgan fingerprint density at radius 1 is 1.48 bits per heavy atom. The summed E-state index contributed by atoms with van der Waals surface area (Å²) in [5.41, 5.74) is 2.12. The van der Waals surface area contributed by atoms with Crippen molar-refractivity contribution in [2.45, 2.75) is 50.2 Å². The minimum atomic E-state index is -0.426. The number of carbonyl (C=O) groups excluding carboxylic acids is 1. The number of hydrogen-bond donors (Lipinski definition) is 1. The van der Waals surface area contributed by atoms with E-state index in [0.29, 0.717) is 30.7 Å². The van der Waals surface area contributed by atoms with Gasteiger partial charge in [-0.3, -0.25) is 4.79 Å². The van der Waals surface area contributed by atoms with Crippen LogP contribution in [0.15, 0.2) is 24.5 Å². The fourth-order valence-corrected chi connectivity index (χ4v) is 6.64. The van der Waals surface area contributed by atoms with Crippen LogP contribution in [0, 0.1) is 5.92 Å². The number of phenols is 1. The number of quaternary nitrogens is 1. The van der Waals surface area contributed by atoms with Crippen molar-refractivity contribution in [2.75, 3.05) is 26.7 Å². The quantitative estimate of drug-likeness (QED) is 0.654. The molecule has 2 aliphatic heterocycles. The van der Waals surface area contributed by atoms with E-state index >= 15 is 0 Å². The Bertz CT molecular complexity index is 849. The lowest BCUT2D eigenvalue weighted by Gasteiger charge is -2.60. The summed E-state index contributed by atoms with van der Waals surface area (Å²) in [5, 5.41) is 10.4. The third-order valence-corrected chi connectivity index (χ3v) is 7.66. The van der Waals surface area contributed by atoms with E-state index < -0.39 is 6.10 Å². The third kappa shape index (κ3) is 2.06. The minimum absolute atomic E-state index is 0.176. The number of rotatable bonds is 4. The van der Waals surface area contributed by atoms with Gasteiger partial charge in [0.15, 0.2) is 23.4 Å². The minimum Gasteiger partial charge on any atom is -0.504 e. The van der Waals surface area contributed by atoms with Gasteiger partial charge < -0.3 is 19.1 Å². The predicted molar refractivity (Wildman–Crippen MR) is 101 cm³/mol. The summed E-state index contributed by atoms with van der Waals surface area (Å²) in [6.45, 7) is 8.55. The maximum absolute atomic E-state index is 12.8. The van der Waals surface area contributed by atoms with Gasteiger partial charge in [0.2, 0.25) is 0 Å². The maximum Gasteiger partial charge on any atom is 0.174 e. The van der Waals surface area contributed by atoms with Crippen LogP contribution in [0.4, 0.5) is 0 Å². The fraction of sp³-hybridized carbons (Fsp3) is 0.591. The normalized spacial score (nSPS) is 38.1. The Kier molecular flexibility index (Phi) is 3.49. The van der Waals surface area contributed by atoms with Crippen molar-refractivity contribution in [2.24, 2.45) is 5.92 Å². The van der Waals surface area contributed by atoms with Gasteiger partial charge in [0.25, 0.3) is 0 Å². The van der Waals surface area contributed by atoms with E-state index in [1.54, 1.807) is 6.07 Å². The van der Waals surface area contributed by atoms with Gasteiger partial charge in [-0.1, -0.05) is 12.6 Å². The second-order valence-electron chi connectivity index (χ2n) is 8.95. The highest BCUT2D eigenvalue weighted by Gasteiger charge is 2.69. The molecule has 1 saturated carbocycles. The van der Waals surface area contributed by atoms with Gasteiger partial charge >= 0.3 is 0 Å². The molecule has 1 spiro atoms. The molecule has 5 heteroatoms. The Morgan fingerprint density at radius 3 is 3.07 bits per heavy atom. The van der Waals surface area contributed by atoms with Crippen molar-refractivity contribution in [1.29, 1.82) is 0 Å². The number of aromatic hydroxyl groups is 1. The molecule has 5 rings (SSSR count). The van der Waals surface area contributed by atoms with Crippen molar-refractivity contribution in [3.8, 4) is 11.5 Å². The van der Waals surface area contributed by atoms with Gasteiger partial charge in [0.05, 0.1) is 31.7 Å². The van der Waals surface area contributed by atoms with Crippen LogP contribution in [-0.4, -0.2) is 54.3 Å². The average molecular weight is 370 g/mol. The Balaban J connectivity index is 1.64. The van der Waals surface area contributed by atoms with Crippen molar-refractivity contribution >= 4 is 5.78 Å². The summed E-state index contributed by atoms with van der Waals surface area (Å²) >= 11 is 0. The zero-order valence-corrected chi connectivity index (χ0v) is 16.2. The molecule has 5 nitrogen and oxygen atoms in total. The van der Waals surface area contributed by atoms with Crippen LogP contribution in [0.1, 0.15) is 37.3 Å². The van der Waals surface area contributed by atoms with Crippen LogP contribution in [0.2, 0.25) is 0 Å². The number of ketones is 1. The molecule has 1 aromatic carbocycles. The summed E-state index contributed by atoms with van der Waals surface area (Å²) in [6, 6.07) is 4.18. The number of likely N-dealkylation sites (tertiary alicyclic amines) is 1. The molecular weight excluding hydrogens is 342 g/mol. The molecule has 0 amide bonds. The first-order valence-corrected chi connectivity index (χ1v) is 10.1. The van der Waals surface area contributed by atoms with Crippen LogP contribution in [0.3, 0.4) is 0 Å². The summed E-state index contributed by atoms with van der Waals surface area (Å²) in [7, 11) is 2.31. The van der Waals surface area contributed by atoms with Crippen LogP contribution in [-0.2, 0) is 21.4 Å². The van der Waals surface area contributed by atoms with Gasteiger partial charge in [0.1, 0.15) is 12.3 Å². The largest absolute Gasteiger partial charge is 0.504 e. The highest BCUT2D eigenvalue weighted by atomic mass is 16.5. The van der Waals surface area contributed by atoms with E-state index in [1.807, 2.05) is 13.0 Å². The summed E-state index contributed by atoms with van der Waals surface area (Å²) in [5.74, 6) is 2.19. The molecule has 5 atom stereocenters. The number of benzene rings is 1. The number of hydrogen-bond acceptors (Lipinski definition) is 4. The topological polar surface area (TPSA) is 55.8 Å². The lowest BCUT2D eigenvalue weighted by Crippen LogP contribution is -2.72. The zero-order valence-electron chi connectivity index (χ0n) is 16.2. The maximum atomic E-state index is 12.8. The first-order valence-electron chi connectivity index (χ1n) is 10.1. The van der Waals surface area contributed by atoms with Crippen molar-refractivity contribution < 1.29 is 23.9 Å².